The summed E-state index contributed by atoms with van der Waals surface area (Å²) in [6, 6.07) is 8.00. The van der Waals surface area contributed by atoms with Crippen LogP contribution in [0.3, 0.4) is 0 Å². The maximum absolute atomic E-state index is 10.4. The molecule has 1 aromatic rings. The minimum atomic E-state index is -0.397. The van der Waals surface area contributed by atoms with Gasteiger partial charge in [0.2, 0.25) is 0 Å². The zero-order chi connectivity index (χ0) is 14.6. The van der Waals surface area contributed by atoms with Gasteiger partial charge in [-0.3, -0.25) is 4.90 Å². The van der Waals surface area contributed by atoms with Gasteiger partial charge in [-0.2, -0.15) is 0 Å². The van der Waals surface area contributed by atoms with Gasteiger partial charge in [0, 0.05) is 19.6 Å². The highest BCUT2D eigenvalue weighted by Gasteiger charge is 2.35. The van der Waals surface area contributed by atoms with Crippen LogP contribution in [0.25, 0.3) is 0 Å². The molecule has 1 aliphatic rings. The Labute approximate surface area is 122 Å². The number of hydrogen-bond donors (Lipinski definition) is 2. The lowest BCUT2D eigenvalue weighted by Gasteiger charge is -2.27. The molecule has 3 N–H and O–H groups in total. The largest absolute Gasteiger partial charge is 0.387 e. The minimum absolute atomic E-state index is 0.397. The first-order valence-electron chi connectivity index (χ1n) is 7.82. The summed E-state index contributed by atoms with van der Waals surface area (Å²) in [5.74, 6) is 0. The normalized spacial score (nSPS) is 20.2. The van der Waals surface area contributed by atoms with E-state index < -0.39 is 6.10 Å². The van der Waals surface area contributed by atoms with Gasteiger partial charge in [0.15, 0.2) is 0 Å². The fraction of sp³-hybridized carbons (Fsp3) is 0.647. The number of β-amino-alcohol motifs (C(OH)–C–C–N with tert-alkyl or cyclic N) is 1. The summed E-state index contributed by atoms with van der Waals surface area (Å²) in [5.41, 5.74) is 8.18. The Morgan fingerprint density at radius 2 is 1.90 bits per heavy atom. The van der Waals surface area contributed by atoms with Gasteiger partial charge in [-0.15, -0.1) is 0 Å². The Balaban J connectivity index is 1.93. The van der Waals surface area contributed by atoms with E-state index in [4.69, 9.17) is 5.73 Å². The molecular weight excluding hydrogens is 248 g/mol. The third kappa shape index (κ3) is 3.40. The van der Waals surface area contributed by atoms with Crippen LogP contribution in [0.5, 0.6) is 0 Å². The smallest absolute Gasteiger partial charge is 0.0916 e. The van der Waals surface area contributed by atoms with E-state index in [0.717, 1.165) is 30.8 Å². The van der Waals surface area contributed by atoms with Crippen molar-refractivity contribution in [2.75, 3.05) is 19.6 Å². The highest BCUT2D eigenvalue weighted by molar-refractivity contribution is 5.24. The minimum Gasteiger partial charge on any atom is -0.387 e. The van der Waals surface area contributed by atoms with E-state index in [1.807, 2.05) is 24.3 Å². The highest BCUT2D eigenvalue weighted by atomic mass is 16.3. The topological polar surface area (TPSA) is 49.5 Å². The van der Waals surface area contributed by atoms with Gasteiger partial charge in [0.1, 0.15) is 0 Å². The molecular formula is C17H28N2O. The monoisotopic (exact) mass is 276 g/mol. The summed E-state index contributed by atoms with van der Waals surface area (Å²) in [6.07, 6.45) is 3.34. The Morgan fingerprint density at radius 1 is 1.25 bits per heavy atom. The fourth-order valence-corrected chi connectivity index (χ4v) is 3.24. The Morgan fingerprint density at radius 3 is 2.40 bits per heavy atom. The molecule has 0 spiro atoms. The van der Waals surface area contributed by atoms with Gasteiger partial charge < -0.3 is 10.8 Å². The average molecular weight is 276 g/mol. The maximum Gasteiger partial charge on any atom is 0.0916 e. The van der Waals surface area contributed by atoms with E-state index in [-0.39, 0.29) is 0 Å². The van der Waals surface area contributed by atoms with Crippen LogP contribution in [-0.2, 0) is 6.54 Å². The third-order valence-corrected chi connectivity index (χ3v) is 5.05. The van der Waals surface area contributed by atoms with Gasteiger partial charge in [-0.05, 0) is 42.3 Å². The van der Waals surface area contributed by atoms with Crippen LogP contribution < -0.4 is 5.73 Å². The molecule has 0 bridgehead atoms. The summed E-state index contributed by atoms with van der Waals surface area (Å²) >= 11 is 0. The number of nitrogens with two attached hydrogens (primary N) is 1. The molecule has 1 fully saturated rings. The predicted octanol–water partition coefficient (Wildman–Crippen LogP) is 2.69. The van der Waals surface area contributed by atoms with Crippen LogP contribution in [0.4, 0.5) is 0 Å². The number of benzene rings is 1. The molecule has 0 saturated carbocycles. The van der Waals surface area contributed by atoms with Crippen molar-refractivity contribution in [3.63, 3.8) is 0 Å². The standard InChI is InChI=1S/C17H28N2O/c1-3-17(4-2)9-10-19(13-17)12-16(20)15-7-5-14(11-18)6-8-15/h5-8,16,20H,3-4,9-13,18H2,1-2H3. The maximum atomic E-state index is 10.4. The number of aliphatic hydroxyl groups excluding tert-OH is 1. The number of aliphatic hydroxyl groups is 1. The molecule has 0 radical (unpaired) electrons. The summed E-state index contributed by atoms with van der Waals surface area (Å²) in [7, 11) is 0. The first-order chi connectivity index (χ1) is 9.62. The van der Waals surface area contributed by atoms with E-state index in [2.05, 4.69) is 18.7 Å². The van der Waals surface area contributed by atoms with Crippen molar-refractivity contribution in [3.8, 4) is 0 Å². The highest BCUT2D eigenvalue weighted by Crippen LogP contribution is 2.37. The molecule has 1 atom stereocenters. The second-order valence-electron chi connectivity index (χ2n) is 6.15. The van der Waals surface area contributed by atoms with Gasteiger partial charge in [0.25, 0.3) is 0 Å². The van der Waals surface area contributed by atoms with Crippen molar-refractivity contribution in [1.82, 2.24) is 4.90 Å². The number of nitrogens with zero attached hydrogens (tertiary/aromatic N) is 1. The molecule has 20 heavy (non-hydrogen) atoms. The lowest BCUT2D eigenvalue weighted by molar-refractivity contribution is 0.117. The van der Waals surface area contributed by atoms with E-state index in [9.17, 15) is 5.11 Å². The Kier molecular flexibility index (Phi) is 5.19. The van der Waals surface area contributed by atoms with Gasteiger partial charge in [-0.25, -0.2) is 0 Å². The summed E-state index contributed by atoms with van der Waals surface area (Å²) < 4.78 is 0. The average Bonchev–Trinajstić information content (AvgIpc) is 2.91. The zero-order valence-electron chi connectivity index (χ0n) is 12.8. The van der Waals surface area contributed by atoms with Crippen molar-refractivity contribution in [2.45, 2.75) is 45.8 Å². The van der Waals surface area contributed by atoms with Crippen molar-refractivity contribution in [1.29, 1.82) is 0 Å². The Hall–Kier alpha value is -0.900. The molecule has 112 valence electrons. The van der Waals surface area contributed by atoms with Crippen molar-refractivity contribution in [2.24, 2.45) is 11.1 Å². The molecule has 1 heterocycles. The summed E-state index contributed by atoms with van der Waals surface area (Å²) in [4.78, 5) is 2.41. The fourth-order valence-electron chi connectivity index (χ4n) is 3.24. The van der Waals surface area contributed by atoms with E-state index in [1.54, 1.807) is 0 Å². The molecule has 3 nitrogen and oxygen atoms in total. The predicted molar refractivity (Wildman–Crippen MR) is 83.4 cm³/mol. The van der Waals surface area contributed by atoms with Crippen LogP contribution in [0, 0.1) is 5.41 Å². The van der Waals surface area contributed by atoms with Crippen LogP contribution in [0.1, 0.15) is 50.3 Å². The molecule has 2 rings (SSSR count). The zero-order valence-corrected chi connectivity index (χ0v) is 12.8. The first-order valence-corrected chi connectivity index (χ1v) is 7.82. The molecule has 0 aliphatic carbocycles. The van der Waals surface area contributed by atoms with Crippen LogP contribution in [-0.4, -0.2) is 29.6 Å². The van der Waals surface area contributed by atoms with Crippen molar-refractivity contribution < 1.29 is 5.11 Å². The molecule has 1 unspecified atom stereocenters. The quantitative estimate of drug-likeness (QED) is 0.840. The van der Waals surface area contributed by atoms with Crippen LogP contribution in [0.15, 0.2) is 24.3 Å². The SMILES string of the molecule is CCC1(CC)CCN(CC(O)c2ccc(CN)cc2)C1. The lowest BCUT2D eigenvalue weighted by atomic mass is 9.82. The van der Waals surface area contributed by atoms with E-state index >= 15 is 0 Å². The lowest BCUT2D eigenvalue weighted by Crippen LogP contribution is -2.30. The van der Waals surface area contributed by atoms with Crippen molar-refractivity contribution in [3.05, 3.63) is 35.4 Å². The summed E-state index contributed by atoms with van der Waals surface area (Å²) in [5, 5.41) is 10.4. The van der Waals surface area contributed by atoms with Gasteiger partial charge >= 0.3 is 0 Å². The second kappa shape index (κ2) is 6.70. The molecule has 1 aromatic carbocycles. The summed E-state index contributed by atoms with van der Waals surface area (Å²) in [6.45, 7) is 8.10. The molecule has 1 aliphatic heterocycles. The van der Waals surface area contributed by atoms with Crippen molar-refractivity contribution >= 4 is 0 Å². The second-order valence-corrected chi connectivity index (χ2v) is 6.15. The van der Waals surface area contributed by atoms with Crippen LogP contribution >= 0.6 is 0 Å². The number of rotatable bonds is 6. The Bertz CT molecular complexity index is 412. The van der Waals surface area contributed by atoms with Gasteiger partial charge in [0.05, 0.1) is 6.10 Å². The van der Waals surface area contributed by atoms with E-state index in [0.29, 0.717) is 12.0 Å². The van der Waals surface area contributed by atoms with E-state index in [1.165, 1.54) is 19.3 Å². The molecule has 3 heteroatoms. The number of likely N-dealkylation sites (tertiary alicyclic amines) is 1. The molecule has 0 amide bonds. The first kappa shape index (κ1) is 15.5. The van der Waals surface area contributed by atoms with Gasteiger partial charge in [-0.1, -0.05) is 38.1 Å². The third-order valence-electron chi connectivity index (χ3n) is 5.05. The molecule has 0 aromatic heterocycles. The molecule has 1 saturated heterocycles. The number of hydrogen-bond acceptors (Lipinski definition) is 3. The van der Waals surface area contributed by atoms with Crippen LogP contribution in [0.2, 0.25) is 0 Å².